The monoisotopic (exact) mass is 196 g/mol. The molecule has 0 radical (unpaired) electrons. The molecule has 0 spiro atoms. The van der Waals surface area contributed by atoms with Gasteiger partial charge in [0.25, 0.3) is 0 Å². The highest BCUT2D eigenvalue weighted by Gasteiger charge is 2.08. The molecule has 0 aliphatic rings. The van der Waals surface area contributed by atoms with E-state index in [1.165, 1.54) is 12.8 Å². The average molecular weight is 196 g/mol. The van der Waals surface area contributed by atoms with Gasteiger partial charge < -0.3 is 4.74 Å². The van der Waals surface area contributed by atoms with Gasteiger partial charge in [0.1, 0.15) is 6.10 Å². The smallest absolute Gasteiger partial charge is 0.310 e. The van der Waals surface area contributed by atoms with Gasteiger partial charge in [-0.15, -0.1) is 6.58 Å². The molecule has 0 aromatic heterocycles. The quantitative estimate of drug-likeness (QED) is 0.338. The normalized spacial score (nSPS) is 11.8. The first-order chi connectivity index (χ1) is 6.74. The lowest BCUT2D eigenvalue weighted by atomic mass is 10.1. The number of unbranched alkanes of at least 4 members (excludes halogenated alkanes) is 2. The largest absolute Gasteiger partial charge is 0.458 e. The second-order valence-corrected chi connectivity index (χ2v) is 3.25. The van der Waals surface area contributed by atoms with Crippen molar-refractivity contribution in [3.8, 4) is 0 Å². The van der Waals surface area contributed by atoms with Crippen molar-refractivity contribution < 1.29 is 9.53 Å². The van der Waals surface area contributed by atoms with E-state index < -0.39 is 0 Å². The number of carbonyl (C=O) groups is 1. The molecule has 0 aliphatic carbocycles. The van der Waals surface area contributed by atoms with Crippen molar-refractivity contribution >= 4 is 5.97 Å². The molecule has 0 fully saturated rings. The van der Waals surface area contributed by atoms with Crippen LogP contribution in [0.25, 0.3) is 0 Å². The van der Waals surface area contributed by atoms with E-state index in [2.05, 4.69) is 20.1 Å². The molecule has 0 rings (SSSR count). The van der Waals surface area contributed by atoms with Crippen molar-refractivity contribution in [2.75, 3.05) is 0 Å². The molecule has 0 amide bonds. The molecule has 0 aromatic carbocycles. The summed E-state index contributed by atoms with van der Waals surface area (Å²) in [5.74, 6) is -0.221. The van der Waals surface area contributed by atoms with Gasteiger partial charge >= 0.3 is 5.97 Å². The molecule has 1 atom stereocenters. The highest BCUT2D eigenvalue weighted by atomic mass is 16.5. The standard InChI is InChI=1S/C12H20O2/c1-4-7-8-10-11(6-3)14-12(13)9-5-2/h5-6,11H,2-4,7-10H2,1H3. The van der Waals surface area contributed by atoms with E-state index in [0.717, 1.165) is 12.8 Å². The zero-order chi connectivity index (χ0) is 10.8. The zero-order valence-electron chi connectivity index (χ0n) is 9.00. The van der Waals surface area contributed by atoms with Gasteiger partial charge in [-0.3, -0.25) is 4.79 Å². The van der Waals surface area contributed by atoms with Gasteiger partial charge in [-0.2, -0.15) is 0 Å². The zero-order valence-corrected chi connectivity index (χ0v) is 9.00. The summed E-state index contributed by atoms with van der Waals surface area (Å²) in [5.41, 5.74) is 0. The summed E-state index contributed by atoms with van der Waals surface area (Å²) in [6, 6.07) is 0. The van der Waals surface area contributed by atoms with Crippen LogP contribution < -0.4 is 0 Å². The Labute approximate surface area is 86.6 Å². The first kappa shape index (κ1) is 12.9. The van der Waals surface area contributed by atoms with Gasteiger partial charge in [0.15, 0.2) is 0 Å². The van der Waals surface area contributed by atoms with Crippen LogP contribution in [0.3, 0.4) is 0 Å². The lowest BCUT2D eigenvalue weighted by molar-refractivity contribution is -0.146. The number of rotatable bonds is 8. The Morgan fingerprint density at radius 1 is 1.43 bits per heavy atom. The van der Waals surface area contributed by atoms with Crippen LogP contribution in [-0.4, -0.2) is 12.1 Å². The van der Waals surface area contributed by atoms with Crippen molar-refractivity contribution in [3.05, 3.63) is 25.3 Å². The van der Waals surface area contributed by atoms with Crippen LogP contribution in [0.2, 0.25) is 0 Å². The molecule has 80 valence electrons. The van der Waals surface area contributed by atoms with E-state index in [0.29, 0.717) is 0 Å². The van der Waals surface area contributed by atoms with Gasteiger partial charge in [0.2, 0.25) is 0 Å². The minimum Gasteiger partial charge on any atom is -0.458 e. The van der Waals surface area contributed by atoms with E-state index in [9.17, 15) is 4.79 Å². The molecule has 1 unspecified atom stereocenters. The topological polar surface area (TPSA) is 26.3 Å². The SMILES string of the molecule is C=CCC(=O)OC(C=C)CCCCC. The molecular formula is C12H20O2. The lowest BCUT2D eigenvalue weighted by Crippen LogP contribution is -2.15. The maximum Gasteiger partial charge on any atom is 0.310 e. The Hall–Kier alpha value is -1.05. The fraction of sp³-hybridized carbons (Fsp3) is 0.583. The Morgan fingerprint density at radius 2 is 2.14 bits per heavy atom. The highest BCUT2D eigenvalue weighted by molar-refractivity contribution is 5.71. The third kappa shape index (κ3) is 6.46. The highest BCUT2D eigenvalue weighted by Crippen LogP contribution is 2.08. The number of hydrogen-bond acceptors (Lipinski definition) is 2. The fourth-order valence-corrected chi connectivity index (χ4v) is 1.16. The van der Waals surface area contributed by atoms with E-state index in [-0.39, 0.29) is 18.5 Å². The predicted octanol–water partition coefficient (Wildman–Crippen LogP) is 3.24. The summed E-state index contributed by atoms with van der Waals surface area (Å²) < 4.78 is 5.16. The predicted molar refractivity (Wildman–Crippen MR) is 59.0 cm³/mol. The van der Waals surface area contributed by atoms with Crippen molar-refractivity contribution in [3.63, 3.8) is 0 Å². The number of carbonyl (C=O) groups excluding carboxylic acids is 1. The summed E-state index contributed by atoms with van der Waals surface area (Å²) in [5, 5.41) is 0. The molecule has 0 saturated carbocycles. The van der Waals surface area contributed by atoms with Crippen molar-refractivity contribution in [2.24, 2.45) is 0 Å². The van der Waals surface area contributed by atoms with Crippen LogP contribution in [0, 0.1) is 0 Å². The molecule has 0 aliphatic heterocycles. The number of hydrogen-bond donors (Lipinski definition) is 0. The fourth-order valence-electron chi connectivity index (χ4n) is 1.16. The van der Waals surface area contributed by atoms with Crippen LogP contribution in [0.1, 0.15) is 39.0 Å². The molecule has 2 heteroatoms. The van der Waals surface area contributed by atoms with Crippen molar-refractivity contribution in [1.29, 1.82) is 0 Å². The Kier molecular flexibility index (Phi) is 7.90. The molecule has 14 heavy (non-hydrogen) atoms. The van der Waals surface area contributed by atoms with Gasteiger partial charge in [-0.05, 0) is 12.8 Å². The minimum atomic E-state index is -0.221. The van der Waals surface area contributed by atoms with Crippen LogP contribution in [0.4, 0.5) is 0 Å². The first-order valence-electron chi connectivity index (χ1n) is 5.17. The van der Waals surface area contributed by atoms with Gasteiger partial charge in [0.05, 0.1) is 6.42 Å². The second-order valence-electron chi connectivity index (χ2n) is 3.25. The van der Waals surface area contributed by atoms with Gasteiger partial charge in [-0.25, -0.2) is 0 Å². The Morgan fingerprint density at radius 3 is 2.64 bits per heavy atom. The Balaban J connectivity index is 3.72. The van der Waals surface area contributed by atoms with Crippen molar-refractivity contribution in [2.45, 2.75) is 45.1 Å². The molecule has 0 saturated heterocycles. The summed E-state index contributed by atoms with van der Waals surface area (Å²) in [6.45, 7) is 9.28. The average Bonchev–Trinajstić information content (AvgIpc) is 2.17. The third-order valence-electron chi connectivity index (χ3n) is 1.95. The van der Waals surface area contributed by atoms with E-state index in [1.54, 1.807) is 12.2 Å². The van der Waals surface area contributed by atoms with Crippen LogP contribution >= 0.6 is 0 Å². The molecule has 0 heterocycles. The number of ether oxygens (including phenoxy) is 1. The van der Waals surface area contributed by atoms with Crippen LogP contribution in [0.5, 0.6) is 0 Å². The first-order valence-corrected chi connectivity index (χ1v) is 5.17. The second kappa shape index (κ2) is 8.54. The molecule has 0 aromatic rings. The maximum atomic E-state index is 11.1. The summed E-state index contributed by atoms with van der Waals surface area (Å²) in [4.78, 5) is 11.1. The Bertz CT molecular complexity index is 185. The van der Waals surface area contributed by atoms with Crippen LogP contribution in [-0.2, 0) is 9.53 Å². The van der Waals surface area contributed by atoms with E-state index >= 15 is 0 Å². The lowest BCUT2D eigenvalue weighted by Gasteiger charge is -2.12. The summed E-state index contributed by atoms with van der Waals surface area (Å²) in [6.07, 6.45) is 7.68. The maximum absolute atomic E-state index is 11.1. The van der Waals surface area contributed by atoms with E-state index in [4.69, 9.17) is 4.74 Å². The molecule has 0 bridgehead atoms. The summed E-state index contributed by atoms with van der Waals surface area (Å²) in [7, 11) is 0. The van der Waals surface area contributed by atoms with Crippen LogP contribution in [0.15, 0.2) is 25.3 Å². The van der Waals surface area contributed by atoms with Crippen molar-refractivity contribution in [1.82, 2.24) is 0 Å². The minimum absolute atomic E-state index is 0.131. The summed E-state index contributed by atoms with van der Waals surface area (Å²) >= 11 is 0. The number of esters is 1. The molecule has 2 nitrogen and oxygen atoms in total. The molecule has 0 N–H and O–H groups in total. The third-order valence-corrected chi connectivity index (χ3v) is 1.95. The van der Waals surface area contributed by atoms with Gasteiger partial charge in [-0.1, -0.05) is 38.5 Å². The van der Waals surface area contributed by atoms with E-state index in [1.807, 2.05) is 0 Å². The molecular weight excluding hydrogens is 176 g/mol. The van der Waals surface area contributed by atoms with Gasteiger partial charge in [0, 0.05) is 0 Å².